The average Bonchev–Trinajstić information content (AvgIpc) is 3.47. The third kappa shape index (κ3) is 4.62. The lowest BCUT2D eigenvalue weighted by molar-refractivity contribution is -0.127. The highest BCUT2D eigenvalue weighted by molar-refractivity contribution is 8.00. The first-order valence-corrected chi connectivity index (χ1v) is 10.3. The van der Waals surface area contributed by atoms with Gasteiger partial charge in [0.1, 0.15) is 6.33 Å². The number of carbonyl (C=O) groups is 2. The molecule has 148 valence electrons. The van der Waals surface area contributed by atoms with Crippen LogP contribution in [0.4, 0.5) is 5.69 Å². The summed E-state index contributed by atoms with van der Waals surface area (Å²) in [6.07, 6.45) is 3.65. The van der Waals surface area contributed by atoms with Gasteiger partial charge in [0.2, 0.25) is 5.91 Å². The fourth-order valence-electron chi connectivity index (χ4n) is 3.15. The zero-order valence-corrected chi connectivity index (χ0v) is 16.5. The first kappa shape index (κ1) is 19.1. The Hall–Kier alpha value is -3.20. The Morgan fingerprint density at radius 1 is 1.03 bits per heavy atom. The summed E-state index contributed by atoms with van der Waals surface area (Å²) < 4.78 is 1.54. The molecule has 0 unspecified atom stereocenters. The Morgan fingerprint density at radius 3 is 2.52 bits per heavy atom. The van der Waals surface area contributed by atoms with Gasteiger partial charge in [0.25, 0.3) is 5.91 Å². The molecular weight excluding hydrogens is 388 g/mol. The number of amides is 2. The highest BCUT2D eigenvalue weighted by atomic mass is 32.2. The van der Waals surface area contributed by atoms with Crippen molar-refractivity contribution in [2.24, 2.45) is 0 Å². The molecule has 0 atom stereocenters. The smallest absolute Gasteiger partial charge is 0.256 e. The molecule has 2 heterocycles. The van der Waals surface area contributed by atoms with Crippen LogP contribution in [-0.4, -0.2) is 55.8 Å². The quantitative estimate of drug-likeness (QED) is 0.631. The Bertz CT molecular complexity index is 984. The molecule has 1 fully saturated rings. The third-order valence-electron chi connectivity index (χ3n) is 4.68. The van der Waals surface area contributed by atoms with Crippen LogP contribution < -0.4 is 5.32 Å². The van der Waals surface area contributed by atoms with Gasteiger partial charge in [-0.25, -0.2) is 4.68 Å². The van der Waals surface area contributed by atoms with Crippen LogP contribution in [0.2, 0.25) is 0 Å². The lowest BCUT2D eigenvalue weighted by atomic mass is 10.2. The number of tetrazole rings is 1. The normalized spacial score (nSPS) is 13.4. The van der Waals surface area contributed by atoms with Crippen LogP contribution in [0.3, 0.4) is 0 Å². The molecule has 1 aliphatic heterocycles. The van der Waals surface area contributed by atoms with Crippen LogP contribution >= 0.6 is 11.8 Å². The van der Waals surface area contributed by atoms with Crippen molar-refractivity contribution in [1.82, 2.24) is 25.1 Å². The highest BCUT2D eigenvalue weighted by Gasteiger charge is 2.19. The van der Waals surface area contributed by atoms with Gasteiger partial charge in [-0.15, -0.1) is 16.9 Å². The predicted octanol–water partition coefficient (Wildman–Crippen LogP) is 2.63. The number of likely N-dealkylation sites (tertiary alicyclic amines) is 1. The van der Waals surface area contributed by atoms with Crippen molar-refractivity contribution in [3.63, 3.8) is 0 Å². The summed E-state index contributed by atoms with van der Waals surface area (Å²) in [5.41, 5.74) is 2.01. The molecular formula is C20H20N6O2S. The molecule has 0 aliphatic carbocycles. The maximum absolute atomic E-state index is 12.8. The van der Waals surface area contributed by atoms with Crippen LogP contribution in [0.25, 0.3) is 5.69 Å². The lowest BCUT2D eigenvalue weighted by Gasteiger charge is -2.15. The van der Waals surface area contributed by atoms with Gasteiger partial charge >= 0.3 is 0 Å². The van der Waals surface area contributed by atoms with Crippen molar-refractivity contribution < 1.29 is 9.59 Å². The molecule has 4 rings (SSSR count). The number of hydrogen-bond acceptors (Lipinski definition) is 6. The number of anilines is 1. The summed E-state index contributed by atoms with van der Waals surface area (Å²) in [4.78, 5) is 27.8. The number of hydrogen-bond donors (Lipinski definition) is 1. The standard InChI is InChI=1S/C20H20N6O2S/c27-19(25-11-3-4-12-25)13-29-18-6-2-1-5-17(18)20(28)22-15-7-9-16(10-8-15)26-14-21-23-24-26/h1-2,5-10,14H,3-4,11-13H2,(H,22,28). The van der Waals surface area contributed by atoms with Gasteiger partial charge in [-0.3, -0.25) is 9.59 Å². The molecule has 1 aliphatic rings. The van der Waals surface area contributed by atoms with E-state index in [2.05, 4.69) is 20.8 Å². The van der Waals surface area contributed by atoms with E-state index < -0.39 is 0 Å². The van der Waals surface area contributed by atoms with E-state index in [4.69, 9.17) is 0 Å². The first-order valence-electron chi connectivity index (χ1n) is 9.35. The second kappa shape index (κ2) is 8.87. The zero-order valence-electron chi connectivity index (χ0n) is 15.7. The number of nitrogens with zero attached hydrogens (tertiary/aromatic N) is 5. The molecule has 1 N–H and O–H groups in total. The van der Waals surface area contributed by atoms with Crippen LogP contribution in [-0.2, 0) is 4.79 Å². The zero-order chi connectivity index (χ0) is 20.1. The van der Waals surface area contributed by atoms with Crippen molar-refractivity contribution in [1.29, 1.82) is 0 Å². The molecule has 0 saturated carbocycles. The van der Waals surface area contributed by atoms with Gasteiger partial charge in [0.05, 0.1) is 17.0 Å². The maximum Gasteiger partial charge on any atom is 0.256 e. The molecule has 9 heteroatoms. The van der Waals surface area contributed by atoms with Crippen LogP contribution in [0.1, 0.15) is 23.2 Å². The molecule has 8 nitrogen and oxygen atoms in total. The van der Waals surface area contributed by atoms with E-state index >= 15 is 0 Å². The SMILES string of the molecule is O=C(Nc1ccc(-n2cnnn2)cc1)c1ccccc1SCC(=O)N1CCCC1. The van der Waals surface area contributed by atoms with Gasteiger partial charge in [0, 0.05) is 23.7 Å². The maximum atomic E-state index is 12.8. The molecule has 1 saturated heterocycles. The molecule has 0 spiro atoms. The predicted molar refractivity (Wildman–Crippen MR) is 110 cm³/mol. The van der Waals surface area contributed by atoms with Crippen molar-refractivity contribution in [2.75, 3.05) is 24.2 Å². The summed E-state index contributed by atoms with van der Waals surface area (Å²) in [6.45, 7) is 1.67. The molecule has 3 aromatic rings. The third-order valence-corrected chi connectivity index (χ3v) is 5.74. The average molecular weight is 408 g/mol. The van der Waals surface area contributed by atoms with Crippen molar-refractivity contribution in [3.8, 4) is 5.69 Å². The minimum absolute atomic E-state index is 0.126. The first-order chi connectivity index (χ1) is 14.2. The summed E-state index contributed by atoms with van der Waals surface area (Å²) >= 11 is 1.40. The number of benzene rings is 2. The van der Waals surface area contributed by atoms with E-state index in [9.17, 15) is 9.59 Å². The lowest BCUT2D eigenvalue weighted by Crippen LogP contribution is -2.29. The van der Waals surface area contributed by atoms with E-state index in [1.807, 2.05) is 35.2 Å². The largest absolute Gasteiger partial charge is 0.342 e. The highest BCUT2D eigenvalue weighted by Crippen LogP contribution is 2.25. The number of carbonyl (C=O) groups excluding carboxylic acids is 2. The van der Waals surface area contributed by atoms with Gasteiger partial charge in [-0.2, -0.15) is 0 Å². The van der Waals surface area contributed by atoms with E-state index in [0.29, 0.717) is 17.0 Å². The van der Waals surface area contributed by atoms with Gasteiger partial charge < -0.3 is 10.2 Å². The van der Waals surface area contributed by atoms with E-state index in [-0.39, 0.29) is 11.8 Å². The Balaban J connectivity index is 1.41. The molecule has 2 amide bonds. The van der Waals surface area contributed by atoms with Gasteiger partial charge in [0.15, 0.2) is 0 Å². The minimum atomic E-state index is -0.211. The van der Waals surface area contributed by atoms with Gasteiger partial charge in [-0.1, -0.05) is 12.1 Å². The number of rotatable bonds is 6. The van der Waals surface area contributed by atoms with E-state index in [1.54, 1.807) is 18.2 Å². The van der Waals surface area contributed by atoms with Crippen molar-refractivity contribution in [3.05, 3.63) is 60.4 Å². The molecule has 2 aromatic carbocycles. The van der Waals surface area contributed by atoms with E-state index in [1.165, 1.54) is 22.8 Å². The van der Waals surface area contributed by atoms with Crippen LogP contribution in [0, 0.1) is 0 Å². The molecule has 1 aromatic heterocycles. The fraction of sp³-hybridized carbons (Fsp3) is 0.250. The second-order valence-electron chi connectivity index (χ2n) is 6.63. The van der Waals surface area contributed by atoms with Crippen molar-refractivity contribution >= 4 is 29.3 Å². The van der Waals surface area contributed by atoms with Crippen LogP contribution in [0.15, 0.2) is 59.8 Å². The molecule has 0 radical (unpaired) electrons. The summed E-state index contributed by atoms with van der Waals surface area (Å²) in [5, 5.41) is 14.0. The van der Waals surface area contributed by atoms with Crippen molar-refractivity contribution in [2.45, 2.75) is 17.7 Å². The van der Waals surface area contributed by atoms with E-state index in [0.717, 1.165) is 36.5 Å². The number of nitrogens with one attached hydrogen (secondary N) is 1. The Kier molecular flexibility index (Phi) is 5.85. The minimum Gasteiger partial charge on any atom is -0.342 e. The fourth-order valence-corrected chi connectivity index (χ4v) is 4.11. The number of aromatic nitrogens is 4. The Morgan fingerprint density at radius 2 is 1.79 bits per heavy atom. The summed E-state index contributed by atoms with van der Waals surface area (Å²) in [6, 6.07) is 14.6. The summed E-state index contributed by atoms with van der Waals surface area (Å²) in [5.74, 6) is 0.253. The monoisotopic (exact) mass is 408 g/mol. The topological polar surface area (TPSA) is 93.0 Å². The van der Waals surface area contributed by atoms with Crippen LogP contribution in [0.5, 0.6) is 0 Å². The second-order valence-corrected chi connectivity index (χ2v) is 7.65. The summed E-state index contributed by atoms with van der Waals surface area (Å²) in [7, 11) is 0. The molecule has 29 heavy (non-hydrogen) atoms. The molecule has 0 bridgehead atoms. The Labute approximate surface area is 172 Å². The van der Waals surface area contributed by atoms with Gasteiger partial charge in [-0.05, 0) is 59.7 Å². The number of thioether (sulfide) groups is 1.